The maximum absolute atomic E-state index is 10.3. The van der Waals surface area contributed by atoms with Crippen LogP contribution >= 0.6 is 0 Å². The molecule has 0 aliphatic heterocycles. The molecule has 0 heterocycles. The first-order valence-corrected chi connectivity index (χ1v) is 4.06. The van der Waals surface area contributed by atoms with Crippen LogP contribution in [0.3, 0.4) is 0 Å². The maximum atomic E-state index is 10.3. The maximum Gasteiger partial charge on any atom is 0.275 e. The van der Waals surface area contributed by atoms with Crippen LogP contribution in [-0.2, 0) is 0 Å². The van der Waals surface area contributed by atoms with Crippen LogP contribution in [0.15, 0.2) is 18.2 Å². The monoisotopic (exact) mass is 183 g/mol. The normalized spacial score (nSPS) is 8.54. The molecule has 0 bridgehead atoms. The van der Waals surface area contributed by atoms with Crippen molar-refractivity contribution in [2.24, 2.45) is 0 Å². The van der Waals surface area contributed by atoms with Crippen LogP contribution in [0.1, 0.15) is 19.4 Å². The Morgan fingerprint density at radius 2 is 1.92 bits per heavy atom. The third-order valence-electron chi connectivity index (χ3n) is 1.47. The summed E-state index contributed by atoms with van der Waals surface area (Å²) in [5.41, 5.74) is 0.252. The van der Waals surface area contributed by atoms with E-state index in [1.54, 1.807) is 0 Å². The van der Waals surface area contributed by atoms with Crippen molar-refractivity contribution >= 4 is 5.69 Å². The fraction of sp³-hybridized carbons (Fsp3) is 0.333. The van der Waals surface area contributed by atoms with Gasteiger partial charge in [-0.05, 0) is 13.0 Å². The molecule has 0 aromatic heterocycles. The Morgan fingerprint density at radius 3 is 2.31 bits per heavy atom. The third kappa shape index (κ3) is 2.74. The minimum atomic E-state index is -0.519. The van der Waals surface area contributed by atoms with Gasteiger partial charge in [-0.3, -0.25) is 10.1 Å². The molecule has 72 valence electrons. The second-order valence-electron chi connectivity index (χ2n) is 2.18. The molecule has 0 unspecified atom stereocenters. The lowest BCUT2D eigenvalue weighted by Crippen LogP contribution is -1.90. The summed E-state index contributed by atoms with van der Waals surface area (Å²) in [4.78, 5) is 9.75. The number of benzene rings is 1. The van der Waals surface area contributed by atoms with Gasteiger partial charge in [-0.15, -0.1) is 0 Å². The van der Waals surface area contributed by atoms with Crippen LogP contribution in [0.25, 0.3) is 0 Å². The van der Waals surface area contributed by atoms with E-state index in [2.05, 4.69) is 0 Å². The highest BCUT2D eigenvalue weighted by atomic mass is 16.6. The van der Waals surface area contributed by atoms with Crippen molar-refractivity contribution < 1.29 is 10.0 Å². The van der Waals surface area contributed by atoms with Crippen molar-refractivity contribution in [3.8, 4) is 5.75 Å². The molecule has 0 radical (unpaired) electrons. The average Bonchev–Trinajstić information content (AvgIpc) is 2.13. The van der Waals surface area contributed by atoms with Gasteiger partial charge >= 0.3 is 0 Å². The zero-order valence-electron chi connectivity index (χ0n) is 7.94. The Bertz CT molecular complexity index is 297. The molecule has 13 heavy (non-hydrogen) atoms. The van der Waals surface area contributed by atoms with Crippen LogP contribution in [-0.4, -0.2) is 10.0 Å². The van der Waals surface area contributed by atoms with E-state index in [4.69, 9.17) is 5.11 Å². The van der Waals surface area contributed by atoms with Gasteiger partial charge < -0.3 is 5.11 Å². The average molecular weight is 183 g/mol. The Kier molecular flexibility index (Phi) is 4.51. The quantitative estimate of drug-likeness (QED) is 0.537. The standard InChI is InChI=1S/C7H7NO3.C2H6/c1-5-6(8(10)11)3-2-4-7(5)9;1-2/h2-4,9H,1H3;1-2H3. The molecule has 1 aromatic carbocycles. The van der Waals surface area contributed by atoms with Crippen LogP contribution in [0.5, 0.6) is 5.75 Å². The highest BCUT2D eigenvalue weighted by Gasteiger charge is 2.11. The van der Waals surface area contributed by atoms with E-state index in [9.17, 15) is 10.1 Å². The van der Waals surface area contributed by atoms with E-state index < -0.39 is 4.92 Å². The molecule has 0 atom stereocenters. The lowest BCUT2D eigenvalue weighted by molar-refractivity contribution is -0.385. The second kappa shape index (κ2) is 5.13. The Balaban J connectivity index is 0.000000671. The van der Waals surface area contributed by atoms with Gasteiger partial charge in [0.1, 0.15) is 5.75 Å². The van der Waals surface area contributed by atoms with Crippen molar-refractivity contribution in [2.75, 3.05) is 0 Å². The summed E-state index contributed by atoms with van der Waals surface area (Å²) in [5.74, 6) is -0.0424. The lowest BCUT2D eigenvalue weighted by atomic mass is 10.2. The van der Waals surface area contributed by atoms with Gasteiger partial charge in [-0.2, -0.15) is 0 Å². The highest BCUT2D eigenvalue weighted by Crippen LogP contribution is 2.25. The summed E-state index contributed by atoms with van der Waals surface area (Å²) in [7, 11) is 0. The van der Waals surface area contributed by atoms with Crippen molar-refractivity contribution in [1.82, 2.24) is 0 Å². The Morgan fingerprint density at radius 1 is 1.38 bits per heavy atom. The molecular formula is C9H13NO3. The summed E-state index contributed by atoms with van der Waals surface area (Å²) < 4.78 is 0. The van der Waals surface area contributed by atoms with Gasteiger partial charge in [0.2, 0.25) is 0 Å². The van der Waals surface area contributed by atoms with E-state index in [-0.39, 0.29) is 11.4 Å². The summed E-state index contributed by atoms with van der Waals surface area (Å²) >= 11 is 0. The first-order chi connectivity index (χ1) is 6.13. The van der Waals surface area contributed by atoms with Crippen LogP contribution < -0.4 is 0 Å². The van der Waals surface area contributed by atoms with Crippen molar-refractivity contribution in [2.45, 2.75) is 20.8 Å². The van der Waals surface area contributed by atoms with E-state index in [0.29, 0.717) is 5.56 Å². The molecule has 1 N–H and O–H groups in total. The molecule has 0 aliphatic rings. The summed E-state index contributed by atoms with van der Waals surface area (Å²) in [6, 6.07) is 4.22. The van der Waals surface area contributed by atoms with Gasteiger partial charge in [0, 0.05) is 6.07 Å². The molecule has 4 nitrogen and oxygen atoms in total. The number of hydrogen-bond donors (Lipinski definition) is 1. The fourth-order valence-corrected chi connectivity index (χ4v) is 0.809. The van der Waals surface area contributed by atoms with E-state index in [1.807, 2.05) is 13.8 Å². The molecule has 0 spiro atoms. The molecule has 4 heteroatoms. The summed E-state index contributed by atoms with van der Waals surface area (Å²) in [6.07, 6.45) is 0. The largest absolute Gasteiger partial charge is 0.507 e. The van der Waals surface area contributed by atoms with E-state index in [1.165, 1.54) is 25.1 Å². The first kappa shape index (κ1) is 11.4. The van der Waals surface area contributed by atoms with Crippen LogP contribution in [0.2, 0.25) is 0 Å². The molecule has 1 rings (SSSR count). The van der Waals surface area contributed by atoms with Crippen molar-refractivity contribution in [1.29, 1.82) is 0 Å². The molecular weight excluding hydrogens is 170 g/mol. The molecule has 0 aliphatic carbocycles. The molecule has 0 amide bonds. The van der Waals surface area contributed by atoms with Gasteiger partial charge in [0.25, 0.3) is 5.69 Å². The highest BCUT2D eigenvalue weighted by molar-refractivity contribution is 5.47. The van der Waals surface area contributed by atoms with Crippen molar-refractivity contribution in [3.63, 3.8) is 0 Å². The van der Waals surface area contributed by atoms with E-state index >= 15 is 0 Å². The number of phenols is 1. The van der Waals surface area contributed by atoms with Gasteiger partial charge in [0.05, 0.1) is 10.5 Å². The topological polar surface area (TPSA) is 63.4 Å². The van der Waals surface area contributed by atoms with Crippen LogP contribution in [0, 0.1) is 17.0 Å². The van der Waals surface area contributed by atoms with E-state index in [0.717, 1.165) is 0 Å². The number of nitrogens with zero attached hydrogens (tertiary/aromatic N) is 1. The first-order valence-electron chi connectivity index (χ1n) is 4.06. The molecule has 1 aromatic rings. The Hall–Kier alpha value is -1.58. The van der Waals surface area contributed by atoms with Gasteiger partial charge in [-0.1, -0.05) is 19.9 Å². The third-order valence-corrected chi connectivity index (χ3v) is 1.47. The number of nitro groups is 1. The smallest absolute Gasteiger partial charge is 0.275 e. The van der Waals surface area contributed by atoms with Crippen molar-refractivity contribution in [3.05, 3.63) is 33.9 Å². The van der Waals surface area contributed by atoms with Gasteiger partial charge in [-0.25, -0.2) is 0 Å². The summed E-state index contributed by atoms with van der Waals surface area (Å²) in [5, 5.41) is 19.3. The molecule has 0 fully saturated rings. The number of aromatic hydroxyl groups is 1. The minimum Gasteiger partial charge on any atom is -0.507 e. The number of nitro benzene ring substituents is 1. The number of rotatable bonds is 1. The SMILES string of the molecule is CC.Cc1c(O)cccc1[N+](=O)[O-]. The summed E-state index contributed by atoms with van der Waals surface area (Å²) in [6.45, 7) is 5.51. The Labute approximate surface area is 77.0 Å². The van der Waals surface area contributed by atoms with Crippen LogP contribution in [0.4, 0.5) is 5.69 Å². The lowest BCUT2D eigenvalue weighted by Gasteiger charge is -1.97. The number of hydrogen-bond acceptors (Lipinski definition) is 3. The zero-order valence-corrected chi connectivity index (χ0v) is 7.94. The van der Waals surface area contributed by atoms with Gasteiger partial charge in [0.15, 0.2) is 0 Å². The molecule has 0 saturated heterocycles. The second-order valence-corrected chi connectivity index (χ2v) is 2.18. The minimum absolute atomic E-state index is 0.0424. The predicted octanol–water partition coefficient (Wildman–Crippen LogP) is 2.64. The predicted molar refractivity (Wildman–Crippen MR) is 50.8 cm³/mol. The number of phenolic OH excluding ortho intramolecular Hbond substituents is 1. The fourth-order valence-electron chi connectivity index (χ4n) is 0.809. The zero-order chi connectivity index (χ0) is 10.4. The molecule has 0 saturated carbocycles.